The van der Waals surface area contributed by atoms with Crippen molar-refractivity contribution >= 4 is 14.2 Å². The van der Waals surface area contributed by atoms with Gasteiger partial charge in [-0.05, 0) is 54.8 Å². The minimum Gasteiger partial charge on any atom is -0.497 e. The van der Waals surface area contributed by atoms with Gasteiger partial charge >= 0.3 is 19.9 Å². The molecule has 1 saturated heterocycles. The molecule has 0 amide bonds. The van der Waals surface area contributed by atoms with E-state index in [1.807, 2.05) is 30.3 Å². The number of aromatic amines is 1. The van der Waals surface area contributed by atoms with Crippen LogP contribution in [0.25, 0.3) is 0 Å². The van der Waals surface area contributed by atoms with Gasteiger partial charge in [-0.15, -0.1) is 4.89 Å². The molecule has 5 atom stereocenters. The molecule has 1 aliphatic rings. The van der Waals surface area contributed by atoms with Crippen LogP contribution in [0.2, 0.25) is 0 Å². The number of ether oxygens (including phenoxy) is 6. The second-order valence-electron chi connectivity index (χ2n) is 11.4. The van der Waals surface area contributed by atoms with Crippen LogP contribution in [0, 0.1) is 6.92 Å². The minimum atomic E-state index is -3.54. The molecule has 5 rings (SSSR count). The maximum Gasteiger partial charge on any atom is 0.697 e. The third-order valence-electron chi connectivity index (χ3n) is 8.39. The highest BCUT2D eigenvalue weighted by Gasteiger charge is 2.64. The van der Waals surface area contributed by atoms with E-state index >= 15 is 0 Å². The number of aliphatic hydroxyl groups is 1. The summed E-state index contributed by atoms with van der Waals surface area (Å²) >= 11 is 0. The number of carbonyl (C=O) groups excluding carboxylic acids is 1. The molecule has 2 heterocycles. The molecule has 0 bridgehead atoms. The summed E-state index contributed by atoms with van der Waals surface area (Å²) in [5.41, 5.74) is -1.07. The van der Waals surface area contributed by atoms with E-state index in [1.165, 1.54) is 21.1 Å². The summed E-state index contributed by atoms with van der Waals surface area (Å²) in [6.45, 7) is 1.71. The highest BCUT2D eigenvalue weighted by Crippen LogP contribution is 2.47. The first-order valence-corrected chi connectivity index (χ1v) is 16.9. The maximum atomic E-state index is 13.1. The molecule has 0 aliphatic carbocycles. The maximum absolute atomic E-state index is 13.1. The molecule has 3 aromatic carbocycles. The summed E-state index contributed by atoms with van der Waals surface area (Å²) in [4.78, 5) is 49.8. The molecule has 0 radical (unpaired) electrons. The number of nitrogens with one attached hydrogen (secondary N) is 1. The minimum absolute atomic E-state index is 0.0172. The van der Waals surface area contributed by atoms with E-state index in [4.69, 9.17) is 32.9 Å². The van der Waals surface area contributed by atoms with Crippen LogP contribution < -0.4 is 20.7 Å². The van der Waals surface area contributed by atoms with Crippen LogP contribution in [0.3, 0.4) is 0 Å². The lowest BCUT2D eigenvalue weighted by atomic mass is 9.80. The first kappa shape index (κ1) is 37.5. The van der Waals surface area contributed by atoms with Crippen LogP contribution in [0.1, 0.15) is 35.4 Å². The molecule has 270 valence electrons. The van der Waals surface area contributed by atoms with Crippen molar-refractivity contribution < 1.29 is 52.3 Å². The predicted octanol–water partition coefficient (Wildman–Crippen LogP) is 3.07. The number of carbonyl (C=O) groups is 1. The van der Waals surface area contributed by atoms with E-state index in [0.717, 1.165) is 10.8 Å². The molecule has 0 saturated carbocycles. The van der Waals surface area contributed by atoms with E-state index in [0.29, 0.717) is 28.2 Å². The predicted molar refractivity (Wildman–Crippen MR) is 180 cm³/mol. The van der Waals surface area contributed by atoms with Crippen LogP contribution in [0.5, 0.6) is 11.5 Å². The summed E-state index contributed by atoms with van der Waals surface area (Å²) < 4.78 is 53.0. The fourth-order valence-corrected chi connectivity index (χ4v) is 6.41. The smallest absolute Gasteiger partial charge is 0.497 e. The molecule has 16 heteroatoms. The third-order valence-corrected chi connectivity index (χ3v) is 8.84. The first-order valence-electron chi connectivity index (χ1n) is 15.8. The molecule has 51 heavy (non-hydrogen) atoms. The number of methoxy groups -OCH3 is 2. The van der Waals surface area contributed by atoms with Gasteiger partial charge in [-0.1, -0.05) is 59.1 Å². The van der Waals surface area contributed by atoms with Gasteiger partial charge in [0.25, 0.3) is 11.3 Å². The third kappa shape index (κ3) is 7.80. The molecule has 1 aromatic heterocycles. The number of rotatable bonds is 15. The van der Waals surface area contributed by atoms with Crippen LogP contribution in [-0.4, -0.2) is 77.6 Å². The summed E-state index contributed by atoms with van der Waals surface area (Å²) in [6, 6.07) is 23.4. The van der Waals surface area contributed by atoms with Gasteiger partial charge in [0.1, 0.15) is 29.8 Å². The van der Waals surface area contributed by atoms with Crippen LogP contribution in [0.15, 0.2) is 94.6 Å². The Labute approximate surface area is 293 Å². The van der Waals surface area contributed by atoms with Crippen molar-refractivity contribution in [3.8, 4) is 11.5 Å². The van der Waals surface area contributed by atoms with Crippen LogP contribution >= 0.6 is 8.25 Å². The molecular weight excluding hydrogens is 687 g/mol. The van der Waals surface area contributed by atoms with E-state index in [1.54, 1.807) is 55.5 Å². The van der Waals surface area contributed by atoms with Gasteiger partial charge in [-0.25, -0.2) is 9.59 Å². The molecular formula is C35H38N2O13P+. The van der Waals surface area contributed by atoms with Crippen LogP contribution in [-0.2, 0) is 38.4 Å². The highest BCUT2D eigenvalue weighted by atomic mass is 31.1. The summed E-state index contributed by atoms with van der Waals surface area (Å²) in [7, 11) is -0.465. The number of H-pyrrole nitrogens is 1. The Bertz CT molecular complexity index is 1890. The Morgan fingerprint density at radius 3 is 2.06 bits per heavy atom. The van der Waals surface area contributed by atoms with Crippen molar-refractivity contribution in [1.82, 2.24) is 9.55 Å². The largest absolute Gasteiger partial charge is 0.697 e. The lowest BCUT2D eigenvalue weighted by Crippen LogP contribution is -2.53. The molecule has 15 nitrogen and oxygen atoms in total. The molecule has 3 N–H and O–H groups in total. The van der Waals surface area contributed by atoms with Crippen LogP contribution in [0.4, 0.5) is 0 Å². The van der Waals surface area contributed by atoms with Crippen molar-refractivity contribution in [2.45, 2.75) is 43.7 Å². The van der Waals surface area contributed by atoms with Gasteiger partial charge in [0.15, 0.2) is 12.3 Å². The normalized spacial score (nSPS) is 20.5. The molecule has 0 spiro atoms. The number of hydrogen-bond donors (Lipinski definition) is 3. The zero-order valence-electron chi connectivity index (χ0n) is 28.2. The molecule has 4 aromatic rings. The van der Waals surface area contributed by atoms with Gasteiger partial charge in [0.2, 0.25) is 0 Å². The zero-order valence-corrected chi connectivity index (χ0v) is 29.1. The SMILES string of the molecule is CCOC(=O)CO[C@H]1[C@H](n2cc(C)c(=O)[nH]c2=O)O[C@H](COC(c2ccccc2)(c2ccc(OC)cc2)c2ccc(OC)cc2)[C@@]1(O)O[P+](=O)O. The number of aryl methyl sites for hydroxylation is 1. The monoisotopic (exact) mass is 725 g/mol. The number of esters is 1. The van der Waals surface area contributed by atoms with Crippen molar-refractivity contribution in [3.63, 3.8) is 0 Å². The van der Waals surface area contributed by atoms with E-state index in [9.17, 15) is 28.9 Å². The van der Waals surface area contributed by atoms with Crippen molar-refractivity contribution in [3.05, 3.63) is 128 Å². The summed E-state index contributed by atoms with van der Waals surface area (Å²) in [6.07, 6.45) is -3.90. The molecule has 1 unspecified atom stereocenters. The van der Waals surface area contributed by atoms with Gasteiger partial charge in [-0.3, -0.25) is 14.3 Å². The second-order valence-corrected chi connectivity index (χ2v) is 12.1. The first-order chi connectivity index (χ1) is 24.5. The molecule has 1 aliphatic heterocycles. The Morgan fingerprint density at radius 2 is 1.53 bits per heavy atom. The van der Waals surface area contributed by atoms with Crippen molar-refractivity contribution in [2.24, 2.45) is 0 Å². The van der Waals surface area contributed by atoms with Gasteiger partial charge in [-0.2, -0.15) is 0 Å². The lowest BCUT2D eigenvalue weighted by molar-refractivity contribution is -0.234. The van der Waals surface area contributed by atoms with Gasteiger partial charge < -0.3 is 33.5 Å². The lowest BCUT2D eigenvalue weighted by Gasteiger charge is -2.37. The molecule has 1 fully saturated rings. The van der Waals surface area contributed by atoms with Crippen molar-refractivity contribution in [2.75, 3.05) is 34.0 Å². The number of hydrogen-bond acceptors (Lipinski definition) is 12. The zero-order chi connectivity index (χ0) is 36.8. The van der Waals surface area contributed by atoms with Gasteiger partial charge in [0, 0.05) is 16.3 Å². The van der Waals surface area contributed by atoms with E-state index < -0.39 is 68.5 Å². The fourth-order valence-electron chi connectivity index (χ4n) is 5.94. The number of nitrogens with zero attached hydrogens (tertiary/aromatic N) is 1. The van der Waals surface area contributed by atoms with Crippen molar-refractivity contribution in [1.29, 1.82) is 0 Å². The Hall–Kier alpha value is -4.73. The second kappa shape index (κ2) is 16.1. The Kier molecular flexibility index (Phi) is 11.8. The van der Waals surface area contributed by atoms with E-state index in [-0.39, 0.29) is 12.2 Å². The quantitative estimate of drug-likeness (QED) is 0.0701. The van der Waals surface area contributed by atoms with E-state index in [2.05, 4.69) is 4.98 Å². The average Bonchev–Trinajstić information content (AvgIpc) is 3.39. The standard InChI is InChI=1S/C35H37N2O13P/c1-5-46-29(38)21-47-30-32(37-19-22(2)31(39)36-33(37)40)49-28(35(30,41)50-51(42)43)20-48-34(23-9-7-6-8-10-23,24-11-15-26(44-3)16-12-24)25-13-17-27(45-4)18-14-25/h6-19,28,30,32,41H,5,20-21H2,1-4H3,(H-,36,39,40,42,43)/p+1/t28-,30+,32-,35-/m1/s1. The van der Waals surface area contributed by atoms with Gasteiger partial charge in [0.05, 0.1) is 27.4 Å². The summed E-state index contributed by atoms with van der Waals surface area (Å²) in [5.74, 6) is -2.49. The Balaban J connectivity index is 1.66. The number of benzene rings is 3. The number of aromatic nitrogens is 2. The highest BCUT2D eigenvalue weighted by molar-refractivity contribution is 7.32. The topological polar surface area (TPSA) is 194 Å². The summed E-state index contributed by atoms with van der Waals surface area (Å²) in [5, 5.41) is 12.1. The fraction of sp³-hybridized carbons (Fsp3) is 0.343. The average molecular weight is 726 g/mol. The Morgan fingerprint density at radius 1 is 0.961 bits per heavy atom.